The van der Waals surface area contributed by atoms with Crippen molar-refractivity contribution in [1.82, 2.24) is 15.0 Å². The minimum atomic E-state index is -0.322. The van der Waals surface area contributed by atoms with Crippen molar-refractivity contribution in [2.45, 2.75) is 10.8 Å². The number of benzene rings is 2. The van der Waals surface area contributed by atoms with Gasteiger partial charge in [0.15, 0.2) is 0 Å². The van der Waals surface area contributed by atoms with E-state index in [1.165, 1.54) is 18.2 Å². The minimum absolute atomic E-state index is 0.227. The standard InChI is InChI=1S/C20H17ClN4O3S/c1-27-14-5-6-16-17(10-14)29-25-18(24-16)19(26)23-11-15(20-22-7-8-28-20)12-3-2-4-13(21)9-12/h2-10,15H,11H2,1H3,(H,23,26)(H,24,25). The first-order valence-electron chi connectivity index (χ1n) is 8.76. The van der Waals surface area contributed by atoms with Crippen molar-refractivity contribution in [1.29, 1.82) is 0 Å². The van der Waals surface area contributed by atoms with Crippen LogP contribution in [-0.2, 0) is 4.79 Å². The van der Waals surface area contributed by atoms with Crippen LogP contribution in [0.1, 0.15) is 17.4 Å². The van der Waals surface area contributed by atoms with Crippen molar-refractivity contribution < 1.29 is 13.9 Å². The molecule has 0 spiro atoms. The van der Waals surface area contributed by atoms with E-state index in [2.05, 4.69) is 20.0 Å². The molecule has 4 rings (SSSR count). The molecule has 0 aliphatic carbocycles. The first-order valence-corrected chi connectivity index (χ1v) is 9.96. The lowest BCUT2D eigenvalue weighted by molar-refractivity contribution is -0.115. The van der Waals surface area contributed by atoms with Gasteiger partial charge in [0.25, 0.3) is 5.91 Å². The number of amides is 1. The molecular weight excluding hydrogens is 412 g/mol. The van der Waals surface area contributed by atoms with E-state index in [1.807, 2.05) is 36.4 Å². The van der Waals surface area contributed by atoms with Gasteiger partial charge in [-0.25, -0.2) is 9.98 Å². The van der Waals surface area contributed by atoms with Gasteiger partial charge in [0.05, 0.1) is 29.8 Å². The van der Waals surface area contributed by atoms with Gasteiger partial charge < -0.3 is 19.2 Å². The summed E-state index contributed by atoms with van der Waals surface area (Å²) in [7, 11) is 1.61. The van der Waals surface area contributed by atoms with Crippen molar-refractivity contribution in [3.05, 3.63) is 71.4 Å². The fourth-order valence-electron chi connectivity index (χ4n) is 2.90. The number of rotatable bonds is 6. The second-order valence-electron chi connectivity index (χ2n) is 6.19. The Kier molecular flexibility index (Phi) is 5.73. The Morgan fingerprint density at radius 3 is 3.00 bits per heavy atom. The maximum absolute atomic E-state index is 12.7. The molecular formula is C20H17ClN4O3S. The van der Waals surface area contributed by atoms with Gasteiger partial charge in [-0.1, -0.05) is 23.7 Å². The molecule has 2 heterocycles. The molecule has 1 aliphatic heterocycles. The number of hydrogen-bond acceptors (Lipinski definition) is 7. The Morgan fingerprint density at radius 1 is 1.34 bits per heavy atom. The Balaban J connectivity index is 1.50. The van der Waals surface area contributed by atoms with Gasteiger partial charge in [0, 0.05) is 11.6 Å². The van der Waals surface area contributed by atoms with E-state index < -0.39 is 0 Å². The predicted molar refractivity (Wildman–Crippen MR) is 112 cm³/mol. The quantitative estimate of drug-likeness (QED) is 0.578. The lowest BCUT2D eigenvalue weighted by Gasteiger charge is -2.19. The van der Waals surface area contributed by atoms with Gasteiger partial charge in [-0.15, -0.1) is 0 Å². The van der Waals surface area contributed by atoms with Crippen molar-refractivity contribution in [3.8, 4) is 5.75 Å². The zero-order valence-electron chi connectivity index (χ0n) is 15.4. The number of oxazole rings is 1. The normalized spacial score (nSPS) is 13.7. The number of aromatic nitrogens is 1. The highest BCUT2D eigenvalue weighted by molar-refractivity contribution is 7.98. The molecule has 0 fully saturated rings. The number of carbonyl (C=O) groups is 1. The zero-order chi connectivity index (χ0) is 20.2. The molecule has 1 unspecified atom stereocenters. The lowest BCUT2D eigenvalue weighted by atomic mass is 9.99. The molecule has 1 aliphatic rings. The molecule has 1 atom stereocenters. The number of nitrogens with one attached hydrogen (secondary N) is 2. The highest BCUT2D eigenvalue weighted by Gasteiger charge is 2.23. The Bertz CT molecular complexity index is 1060. The summed E-state index contributed by atoms with van der Waals surface area (Å²) in [5.74, 6) is 0.859. The van der Waals surface area contributed by atoms with Crippen LogP contribution in [-0.4, -0.2) is 30.4 Å². The number of halogens is 1. The van der Waals surface area contributed by atoms with Crippen LogP contribution in [0.25, 0.3) is 0 Å². The number of methoxy groups -OCH3 is 1. The van der Waals surface area contributed by atoms with E-state index >= 15 is 0 Å². The molecule has 0 radical (unpaired) electrons. The van der Waals surface area contributed by atoms with E-state index in [0.29, 0.717) is 16.6 Å². The third-order valence-corrected chi connectivity index (χ3v) is 5.42. The van der Waals surface area contributed by atoms with Crippen molar-refractivity contribution in [2.75, 3.05) is 13.7 Å². The number of amidine groups is 1. The molecule has 2 N–H and O–H groups in total. The Labute approximate surface area is 176 Å². The summed E-state index contributed by atoms with van der Waals surface area (Å²) in [4.78, 5) is 22.2. The maximum atomic E-state index is 12.7. The summed E-state index contributed by atoms with van der Waals surface area (Å²) in [5, 5.41) is 3.50. The SMILES string of the molecule is COc1ccc2c(c1)SNC(C(=O)NCC(c1cccc(Cl)c1)c1ncco1)=N2. The third-order valence-electron chi connectivity index (χ3n) is 4.34. The summed E-state index contributed by atoms with van der Waals surface area (Å²) in [5.41, 5.74) is 1.60. The topological polar surface area (TPSA) is 88.8 Å². The van der Waals surface area contributed by atoms with Crippen LogP contribution in [0, 0.1) is 0 Å². The number of aliphatic imine (C=N–C) groups is 1. The smallest absolute Gasteiger partial charge is 0.287 e. The molecule has 3 aromatic rings. The van der Waals surface area contributed by atoms with Gasteiger partial charge in [-0.05, 0) is 47.8 Å². The van der Waals surface area contributed by atoms with E-state index in [0.717, 1.165) is 16.2 Å². The van der Waals surface area contributed by atoms with Crippen molar-refractivity contribution >= 4 is 41.0 Å². The average molecular weight is 429 g/mol. The summed E-state index contributed by atoms with van der Waals surface area (Å²) in [6.07, 6.45) is 3.08. The van der Waals surface area contributed by atoms with Gasteiger partial charge >= 0.3 is 0 Å². The molecule has 9 heteroatoms. The highest BCUT2D eigenvalue weighted by atomic mass is 35.5. The van der Waals surface area contributed by atoms with Crippen LogP contribution in [0.3, 0.4) is 0 Å². The van der Waals surface area contributed by atoms with Gasteiger partial charge in [0.1, 0.15) is 12.0 Å². The number of nitrogens with zero attached hydrogens (tertiary/aromatic N) is 2. The van der Waals surface area contributed by atoms with E-state index in [4.69, 9.17) is 20.8 Å². The van der Waals surface area contributed by atoms with Gasteiger partial charge in [0.2, 0.25) is 11.7 Å². The first kappa shape index (κ1) is 19.4. The summed E-state index contributed by atoms with van der Waals surface area (Å²) in [6, 6.07) is 12.9. The minimum Gasteiger partial charge on any atom is -0.497 e. The fourth-order valence-corrected chi connectivity index (χ4v) is 3.83. The van der Waals surface area contributed by atoms with E-state index in [9.17, 15) is 4.79 Å². The second kappa shape index (κ2) is 8.59. The number of fused-ring (bicyclic) bond motifs is 1. The predicted octanol–water partition coefficient (Wildman–Crippen LogP) is 3.93. The van der Waals surface area contributed by atoms with E-state index in [1.54, 1.807) is 19.4 Å². The summed E-state index contributed by atoms with van der Waals surface area (Å²) >= 11 is 7.44. The lowest BCUT2D eigenvalue weighted by Crippen LogP contribution is -2.40. The van der Waals surface area contributed by atoms with Crippen LogP contribution in [0.15, 0.2) is 69.2 Å². The molecule has 1 aromatic heterocycles. The summed E-state index contributed by atoms with van der Waals surface area (Å²) < 4.78 is 13.7. The molecule has 29 heavy (non-hydrogen) atoms. The Morgan fingerprint density at radius 2 is 2.24 bits per heavy atom. The van der Waals surface area contributed by atoms with E-state index in [-0.39, 0.29) is 24.2 Å². The number of carbonyl (C=O) groups excluding carboxylic acids is 1. The van der Waals surface area contributed by atoms with Gasteiger partial charge in [-0.2, -0.15) is 0 Å². The molecule has 0 bridgehead atoms. The third kappa shape index (κ3) is 4.38. The van der Waals surface area contributed by atoms with Crippen molar-refractivity contribution in [2.24, 2.45) is 4.99 Å². The molecule has 148 valence electrons. The van der Waals surface area contributed by atoms with Crippen molar-refractivity contribution in [3.63, 3.8) is 0 Å². The van der Waals surface area contributed by atoms with Crippen LogP contribution >= 0.6 is 23.5 Å². The van der Waals surface area contributed by atoms with Gasteiger partial charge in [-0.3, -0.25) is 4.79 Å². The number of hydrogen-bond donors (Lipinski definition) is 2. The first-order chi connectivity index (χ1) is 14.1. The van der Waals surface area contributed by atoms with Crippen LogP contribution in [0.2, 0.25) is 5.02 Å². The Hall–Kier alpha value is -2.97. The molecule has 0 saturated carbocycles. The number of ether oxygens (including phenoxy) is 1. The second-order valence-corrected chi connectivity index (χ2v) is 7.47. The molecule has 0 saturated heterocycles. The van der Waals surface area contributed by atoms with Crippen LogP contribution in [0.5, 0.6) is 5.75 Å². The highest BCUT2D eigenvalue weighted by Crippen LogP contribution is 2.34. The van der Waals surface area contributed by atoms with Crippen LogP contribution in [0.4, 0.5) is 5.69 Å². The monoisotopic (exact) mass is 428 g/mol. The fraction of sp³-hybridized carbons (Fsp3) is 0.150. The average Bonchev–Trinajstić information content (AvgIpc) is 3.27. The molecule has 2 aromatic carbocycles. The maximum Gasteiger partial charge on any atom is 0.287 e. The largest absolute Gasteiger partial charge is 0.497 e. The van der Waals surface area contributed by atoms with Crippen LogP contribution < -0.4 is 14.8 Å². The molecule has 7 nitrogen and oxygen atoms in total. The zero-order valence-corrected chi connectivity index (χ0v) is 17.0. The molecule has 1 amide bonds. The summed E-state index contributed by atoms with van der Waals surface area (Å²) in [6.45, 7) is 0.278.